The van der Waals surface area contributed by atoms with Gasteiger partial charge in [-0.15, -0.1) is 0 Å². The third-order valence-electron chi connectivity index (χ3n) is 3.19. The Morgan fingerprint density at radius 2 is 2.00 bits per heavy atom. The molecule has 1 aromatic carbocycles. The van der Waals surface area contributed by atoms with Gasteiger partial charge in [0.05, 0.1) is 4.90 Å². The lowest BCUT2D eigenvalue weighted by Gasteiger charge is -2.08. The monoisotopic (exact) mass is 239 g/mol. The lowest BCUT2D eigenvalue weighted by atomic mass is 10.2. The summed E-state index contributed by atoms with van der Waals surface area (Å²) in [5, 5.41) is 0. The van der Waals surface area contributed by atoms with Gasteiger partial charge in [-0.1, -0.05) is 25.1 Å². The maximum absolute atomic E-state index is 12.0. The molecule has 1 aromatic rings. The van der Waals surface area contributed by atoms with Crippen LogP contribution in [0.15, 0.2) is 29.2 Å². The van der Waals surface area contributed by atoms with Crippen molar-refractivity contribution in [1.82, 2.24) is 4.72 Å². The zero-order chi connectivity index (χ0) is 11.8. The van der Waals surface area contributed by atoms with Gasteiger partial charge in [0, 0.05) is 6.54 Å². The Bertz CT molecular complexity index is 482. The first-order valence-electron chi connectivity index (χ1n) is 5.56. The van der Waals surface area contributed by atoms with E-state index in [2.05, 4.69) is 11.6 Å². The van der Waals surface area contributed by atoms with Crippen LogP contribution in [-0.2, 0) is 10.0 Å². The Hall–Kier alpha value is -0.870. The molecule has 4 heteroatoms. The summed E-state index contributed by atoms with van der Waals surface area (Å²) in [5.41, 5.74) is 0.791. The topological polar surface area (TPSA) is 46.2 Å². The highest BCUT2D eigenvalue weighted by molar-refractivity contribution is 7.89. The Morgan fingerprint density at radius 1 is 1.38 bits per heavy atom. The van der Waals surface area contributed by atoms with Crippen LogP contribution in [0.3, 0.4) is 0 Å². The van der Waals surface area contributed by atoms with Gasteiger partial charge >= 0.3 is 0 Å². The standard InChI is InChI=1S/C12H17NO2S/c1-9-5-3-4-6-12(9)16(14,15)13-8-11-7-10(11)2/h3-6,10-11,13H,7-8H2,1-2H3. The van der Waals surface area contributed by atoms with Gasteiger partial charge in [0.2, 0.25) is 10.0 Å². The number of nitrogens with one attached hydrogen (secondary N) is 1. The van der Waals surface area contributed by atoms with E-state index < -0.39 is 10.0 Å². The second kappa shape index (κ2) is 4.18. The number of hydrogen-bond acceptors (Lipinski definition) is 2. The van der Waals surface area contributed by atoms with Crippen molar-refractivity contribution in [2.45, 2.75) is 25.2 Å². The first kappa shape index (κ1) is 11.6. The van der Waals surface area contributed by atoms with Gasteiger partial charge in [-0.2, -0.15) is 0 Å². The first-order valence-corrected chi connectivity index (χ1v) is 7.04. The zero-order valence-electron chi connectivity index (χ0n) is 9.60. The highest BCUT2D eigenvalue weighted by Gasteiger charge is 2.33. The molecule has 2 atom stereocenters. The minimum atomic E-state index is -3.32. The van der Waals surface area contributed by atoms with Crippen LogP contribution in [0.2, 0.25) is 0 Å². The number of benzene rings is 1. The van der Waals surface area contributed by atoms with E-state index in [9.17, 15) is 8.42 Å². The van der Waals surface area contributed by atoms with Crippen LogP contribution in [-0.4, -0.2) is 15.0 Å². The van der Waals surface area contributed by atoms with Crippen molar-refractivity contribution in [3.8, 4) is 0 Å². The van der Waals surface area contributed by atoms with E-state index in [0.717, 1.165) is 12.0 Å². The minimum Gasteiger partial charge on any atom is -0.211 e. The van der Waals surface area contributed by atoms with E-state index in [-0.39, 0.29) is 0 Å². The second-order valence-electron chi connectivity index (χ2n) is 4.59. The molecule has 1 N–H and O–H groups in total. The molecule has 0 radical (unpaired) electrons. The van der Waals surface area contributed by atoms with E-state index >= 15 is 0 Å². The summed E-state index contributed by atoms with van der Waals surface area (Å²) >= 11 is 0. The van der Waals surface area contributed by atoms with Crippen LogP contribution in [0.4, 0.5) is 0 Å². The third-order valence-corrected chi connectivity index (χ3v) is 4.78. The second-order valence-corrected chi connectivity index (χ2v) is 6.33. The van der Waals surface area contributed by atoms with Crippen molar-refractivity contribution in [2.24, 2.45) is 11.8 Å². The highest BCUT2D eigenvalue weighted by Crippen LogP contribution is 2.37. The SMILES string of the molecule is Cc1ccccc1S(=O)(=O)NCC1CC1C. The molecule has 0 spiro atoms. The molecule has 0 heterocycles. The van der Waals surface area contributed by atoms with Crippen LogP contribution >= 0.6 is 0 Å². The summed E-state index contributed by atoms with van der Waals surface area (Å²) < 4.78 is 26.6. The van der Waals surface area contributed by atoms with Gasteiger partial charge in [-0.25, -0.2) is 13.1 Å². The summed E-state index contributed by atoms with van der Waals surface area (Å²) in [6.07, 6.45) is 1.14. The molecule has 1 aliphatic rings. The van der Waals surface area contributed by atoms with Gasteiger partial charge in [0.25, 0.3) is 0 Å². The maximum atomic E-state index is 12.0. The Balaban J connectivity index is 2.10. The predicted molar refractivity (Wildman–Crippen MR) is 63.6 cm³/mol. The average molecular weight is 239 g/mol. The van der Waals surface area contributed by atoms with Crippen LogP contribution in [0.25, 0.3) is 0 Å². The van der Waals surface area contributed by atoms with Crippen molar-refractivity contribution in [3.05, 3.63) is 29.8 Å². The zero-order valence-corrected chi connectivity index (χ0v) is 10.4. The molecule has 0 aliphatic heterocycles. The van der Waals surface area contributed by atoms with Gasteiger partial charge in [-0.3, -0.25) is 0 Å². The van der Waals surface area contributed by atoms with Crippen molar-refractivity contribution in [3.63, 3.8) is 0 Å². The number of sulfonamides is 1. The van der Waals surface area contributed by atoms with Crippen molar-refractivity contribution < 1.29 is 8.42 Å². The lowest BCUT2D eigenvalue weighted by molar-refractivity contribution is 0.574. The molecule has 2 rings (SSSR count). The number of rotatable bonds is 4. The van der Waals surface area contributed by atoms with Crippen LogP contribution in [0.5, 0.6) is 0 Å². The quantitative estimate of drug-likeness (QED) is 0.872. The predicted octanol–water partition coefficient (Wildman–Crippen LogP) is 1.93. The normalized spacial score (nSPS) is 24.4. The minimum absolute atomic E-state index is 0.392. The lowest BCUT2D eigenvalue weighted by Crippen LogP contribution is -2.26. The molecular weight excluding hydrogens is 222 g/mol. The summed E-state index contributed by atoms with van der Waals surface area (Å²) in [7, 11) is -3.32. The van der Waals surface area contributed by atoms with E-state index in [1.54, 1.807) is 12.1 Å². The smallest absolute Gasteiger partial charge is 0.211 e. The molecule has 2 unspecified atom stereocenters. The van der Waals surface area contributed by atoms with Crippen molar-refractivity contribution in [1.29, 1.82) is 0 Å². The fraction of sp³-hybridized carbons (Fsp3) is 0.500. The van der Waals surface area contributed by atoms with Crippen LogP contribution in [0.1, 0.15) is 18.9 Å². The van der Waals surface area contributed by atoms with Gasteiger partial charge < -0.3 is 0 Å². The maximum Gasteiger partial charge on any atom is 0.240 e. The number of hydrogen-bond donors (Lipinski definition) is 1. The molecule has 1 fully saturated rings. The van der Waals surface area contributed by atoms with E-state index in [0.29, 0.717) is 23.3 Å². The molecule has 16 heavy (non-hydrogen) atoms. The Labute approximate surface area is 96.9 Å². The third kappa shape index (κ3) is 2.44. The summed E-state index contributed by atoms with van der Waals surface area (Å²) in [6, 6.07) is 7.06. The van der Waals surface area contributed by atoms with Gasteiger partial charge in [0.15, 0.2) is 0 Å². The molecule has 88 valence electrons. The van der Waals surface area contributed by atoms with E-state index in [1.807, 2.05) is 19.1 Å². The fourth-order valence-corrected chi connectivity index (χ4v) is 3.17. The molecule has 0 aromatic heterocycles. The average Bonchev–Trinajstić information content (AvgIpc) is 2.92. The largest absolute Gasteiger partial charge is 0.240 e. The van der Waals surface area contributed by atoms with Crippen LogP contribution < -0.4 is 4.72 Å². The van der Waals surface area contributed by atoms with Crippen LogP contribution in [0, 0.1) is 18.8 Å². The van der Waals surface area contributed by atoms with Gasteiger partial charge in [0.1, 0.15) is 0 Å². The van der Waals surface area contributed by atoms with Crippen molar-refractivity contribution >= 4 is 10.0 Å². The molecule has 0 amide bonds. The molecule has 1 aliphatic carbocycles. The number of aryl methyl sites for hydroxylation is 1. The Morgan fingerprint density at radius 3 is 2.56 bits per heavy atom. The first-order chi connectivity index (χ1) is 7.50. The molecule has 1 saturated carbocycles. The molecule has 3 nitrogen and oxygen atoms in total. The summed E-state index contributed by atoms with van der Waals surface area (Å²) in [6.45, 7) is 4.53. The Kier molecular flexibility index (Phi) is 3.04. The summed E-state index contributed by atoms with van der Waals surface area (Å²) in [5.74, 6) is 1.19. The highest BCUT2D eigenvalue weighted by atomic mass is 32.2. The summed E-state index contributed by atoms with van der Waals surface area (Å²) in [4.78, 5) is 0.392. The molecule has 0 saturated heterocycles. The molecule has 0 bridgehead atoms. The van der Waals surface area contributed by atoms with Gasteiger partial charge in [-0.05, 0) is 36.8 Å². The molecular formula is C12H17NO2S. The fourth-order valence-electron chi connectivity index (χ4n) is 1.84. The van der Waals surface area contributed by atoms with E-state index in [4.69, 9.17) is 0 Å². The van der Waals surface area contributed by atoms with Crippen molar-refractivity contribution in [2.75, 3.05) is 6.54 Å². The van der Waals surface area contributed by atoms with E-state index in [1.165, 1.54) is 0 Å².